The molecule has 0 aliphatic carbocycles. The van der Waals surface area contributed by atoms with Crippen molar-refractivity contribution in [2.75, 3.05) is 7.11 Å². The maximum absolute atomic E-state index is 11.5. The van der Waals surface area contributed by atoms with E-state index in [9.17, 15) is 5.21 Å². The van der Waals surface area contributed by atoms with Gasteiger partial charge in [-0.2, -0.15) is 4.73 Å². The summed E-state index contributed by atoms with van der Waals surface area (Å²) in [6.45, 7) is 0. The summed E-state index contributed by atoms with van der Waals surface area (Å²) in [5.41, 5.74) is 1.64. The number of rotatable bonds is 3. The van der Waals surface area contributed by atoms with E-state index in [1.807, 2.05) is 24.3 Å². The van der Waals surface area contributed by atoms with E-state index in [1.54, 1.807) is 19.2 Å². The Morgan fingerprint density at radius 3 is 2.94 bits per heavy atom. The Morgan fingerprint density at radius 1 is 1.38 bits per heavy atom. The van der Waals surface area contributed by atoms with E-state index in [2.05, 4.69) is 6.07 Å². The molecule has 16 heavy (non-hydrogen) atoms. The van der Waals surface area contributed by atoms with Gasteiger partial charge in [0.25, 0.3) is 0 Å². The van der Waals surface area contributed by atoms with Crippen molar-refractivity contribution < 1.29 is 9.47 Å². The molecular formula is C13H12NO2. The van der Waals surface area contributed by atoms with E-state index in [4.69, 9.17) is 4.74 Å². The van der Waals surface area contributed by atoms with Crippen LogP contribution in [0.3, 0.4) is 0 Å². The minimum Gasteiger partial charge on any atom is -0.618 e. The van der Waals surface area contributed by atoms with E-state index < -0.39 is 0 Å². The quantitative estimate of drug-likeness (QED) is 0.576. The van der Waals surface area contributed by atoms with Gasteiger partial charge in [0.1, 0.15) is 5.75 Å². The van der Waals surface area contributed by atoms with Crippen LogP contribution in [0, 0.1) is 11.3 Å². The van der Waals surface area contributed by atoms with Gasteiger partial charge >= 0.3 is 0 Å². The Morgan fingerprint density at radius 2 is 2.25 bits per heavy atom. The van der Waals surface area contributed by atoms with Crippen LogP contribution in [0.5, 0.6) is 5.75 Å². The smallest absolute Gasteiger partial charge is 0.200 e. The molecule has 1 radical (unpaired) electrons. The van der Waals surface area contributed by atoms with Gasteiger partial charge in [0.15, 0.2) is 6.20 Å². The van der Waals surface area contributed by atoms with Gasteiger partial charge in [-0.15, -0.1) is 0 Å². The highest BCUT2D eigenvalue weighted by atomic mass is 16.5. The van der Waals surface area contributed by atoms with Gasteiger partial charge in [0.05, 0.1) is 13.5 Å². The number of hydrogen-bond acceptors (Lipinski definition) is 2. The second kappa shape index (κ2) is 4.66. The monoisotopic (exact) mass is 214 g/mol. The summed E-state index contributed by atoms with van der Waals surface area (Å²) in [7, 11) is 1.59. The summed E-state index contributed by atoms with van der Waals surface area (Å²) in [5, 5.41) is 11.5. The SMILES string of the molecule is COc1cc[n+]([O-])c(Cc2[c]cccc2)c1. The molecule has 0 saturated heterocycles. The van der Waals surface area contributed by atoms with Crippen LogP contribution < -0.4 is 9.47 Å². The van der Waals surface area contributed by atoms with Crippen molar-refractivity contribution in [1.82, 2.24) is 0 Å². The van der Waals surface area contributed by atoms with Crippen LogP contribution in [-0.4, -0.2) is 7.11 Å². The maximum atomic E-state index is 11.5. The fourth-order valence-corrected chi connectivity index (χ4v) is 1.50. The number of methoxy groups -OCH3 is 1. The first-order valence-electron chi connectivity index (χ1n) is 5.01. The molecule has 0 atom stereocenters. The van der Waals surface area contributed by atoms with Crippen LogP contribution in [0.4, 0.5) is 0 Å². The second-order valence-electron chi connectivity index (χ2n) is 3.45. The minimum absolute atomic E-state index is 0.557. The van der Waals surface area contributed by atoms with E-state index >= 15 is 0 Å². The summed E-state index contributed by atoms with van der Waals surface area (Å²) in [6, 6.07) is 14.1. The van der Waals surface area contributed by atoms with Crippen molar-refractivity contribution in [2.24, 2.45) is 0 Å². The fraction of sp³-hybridized carbons (Fsp3) is 0.154. The van der Waals surface area contributed by atoms with E-state index in [-0.39, 0.29) is 0 Å². The minimum atomic E-state index is 0.557. The van der Waals surface area contributed by atoms with E-state index in [0.717, 1.165) is 10.3 Å². The van der Waals surface area contributed by atoms with E-state index in [1.165, 1.54) is 6.20 Å². The van der Waals surface area contributed by atoms with Crippen LogP contribution in [0.1, 0.15) is 11.3 Å². The fourth-order valence-electron chi connectivity index (χ4n) is 1.50. The molecule has 1 aromatic heterocycles. The zero-order chi connectivity index (χ0) is 11.4. The first-order valence-corrected chi connectivity index (χ1v) is 5.01. The molecule has 3 nitrogen and oxygen atoms in total. The average Bonchev–Trinajstić information content (AvgIpc) is 2.33. The van der Waals surface area contributed by atoms with Crippen LogP contribution in [0.25, 0.3) is 0 Å². The largest absolute Gasteiger partial charge is 0.618 e. The molecule has 2 aromatic rings. The lowest BCUT2D eigenvalue weighted by molar-refractivity contribution is -0.613. The van der Waals surface area contributed by atoms with Gasteiger partial charge in [-0.05, 0) is 11.6 Å². The topological polar surface area (TPSA) is 36.2 Å². The molecule has 0 aliphatic heterocycles. The lowest BCUT2D eigenvalue weighted by atomic mass is 10.1. The molecule has 0 saturated carbocycles. The zero-order valence-corrected chi connectivity index (χ0v) is 9.01. The molecule has 1 aromatic carbocycles. The first kappa shape index (κ1) is 10.5. The molecule has 81 valence electrons. The molecule has 0 spiro atoms. The van der Waals surface area contributed by atoms with Gasteiger partial charge < -0.3 is 9.94 Å². The Labute approximate surface area is 94.5 Å². The lowest BCUT2D eigenvalue weighted by Gasteiger charge is -2.06. The molecule has 0 aliphatic rings. The molecule has 2 rings (SSSR count). The van der Waals surface area contributed by atoms with Gasteiger partial charge in [-0.3, -0.25) is 0 Å². The average molecular weight is 214 g/mol. The normalized spacial score (nSPS) is 10.1. The summed E-state index contributed by atoms with van der Waals surface area (Å²) < 4.78 is 5.94. The van der Waals surface area contributed by atoms with Crippen LogP contribution in [0.15, 0.2) is 42.6 Å². The third-order valence-electron chi connectivity index (χ3n) is 2.35. The predicted octanol–water partition coefficient (Wildman–Crippen LogP) is 1.72. The van der Waals surface area contributed by atoms with Crippen molar-refractivity contribution in [3.05, 3.63) is 65.1 Å². The summed E-state index contributed by atoms with van der Waals surface area (Å²) in [6.07, 6.45) is 2.01. The van der Waals surface area contributed by atoms with Crippen LogP contribution >= 0.6 is 0 Å². The molecule has 3 heteroatoms. The molecule has 0 bridgehead atoms. The Hall–Kier alpha value is -2.03. The molecule has 0 fully saturated rings. The van der Waals surface area contributed by atoms with Gasteiger partial charge in [0.2, 0.25) is 5.69 Å². The van der Waals surface area contributed by atoms with E-state index in [0.29, 0.717) is 17.9 Å². The van der Waals surface area contributed by atoms with Crippen molar-refractivity contribution >= 4 is 0 Å². The first-order chi connectivity index (χ1) is 7.79. The highest BCUT2D eigenvalue weighted by Gasteiger charge is 2.08. The summed E-state index contributed by atoms with van der Waals surface area (Å²) in [5.74, 6) is 0.693. The van der Waals surface area contributed by atoms with Crippen molar-refractivity contribution in [3.63, 3.8) is 0 Å². The molecule has 0 unspecified atom stereocenters. The van der Waals surface area contributed by atoms with Gasteiger partial charge in [-0.25, -0.2) is 0 Å². The number of ether oxygens (including phenoxy) is 1. The van der Waals surface area contributed by atoms with Gasteiger partial charge in [-0.1, -0.05) is 24.3 Å². The van der Waals surface area contributed by atoms with Crippen molar-refractivity contribution in [3.8, 4) is 5.75 Å². The standard InChI is InChI=1S/C13H12NO2/c1-16-13-7-8-14(15)12(10-13)9-11-5-3-2-4-6-11/h2-5,7-8,10H,9H2,1H3. The van der Waals surface area contributed by atoms with Crippen molar-refractivity contribution in [2.45, 2.75) is 6.42 Å². The molecular weight excluding hydrogens is 202 g/mol. The number of nitrogens with zero attached hydrogens (tertiary/aromatic N) is 1. The third-order valence-corrected chi connectivity index (χ3v) is 2.35. The third kappa shape index (κ3) is 2.31. The molecule has 0 N–H and O–H groups in total. The van der Waals surface area contributed by atoms with Crippen molar-refractivity contribution in [1.29, 1.82) is 0 Å². The summed E-state index contributed by atoms with van der Waals surface area (Å²) in [4.78, 5) is 0. The number of pyridine rings is 1. The second-order valence-corrected chi connectivity index (χ2v) is 3.45. The maximum Gasteiger partial charge on any atom is 0.200 e. The molecule has 1 heterocycles. The van der Waals surface area contributed by atoms with Crippen LogP contribution in [-0.2, 0) is 6.42 Å². The lowest BCUT2D eigenvalue weighted by Crippen LogP contribution is -2.31. The highest BCUT2D eigenvalue weighted by molar-refractivity contribution is 5.24. The highest BCUT2D eigenvalue weighted by Crippen LogP contribution is 2.12. The van der Waals surface area contributed by atoms with Crippen LogP contribution in [0.2, 0.25) is 0 Å². The summed E-state index contributed by atoms with van der Waals surface area (Å²) >= 11 is 0. The Balaban J connectivity index is 2.27. The van der Waals surface area contributed by atoms with Gasteiger partial charge in [0, 0.05) is 12.1 Å². The molecule has 0 amide bonds. The zero-order valence-electron chi connectivity index (χ0n) is 9.01. The Bertz CT molecular complexity index is 469. The number of benzene rings is 1. The Kier molecular flexibility index (Phi) is 3.05. The predicted molar refractivity (Wildman–Crippen MR) is 60.0 cm³/mol. The number of aromatic nitrogens is 1. The number of hydrogen-bond donors (Lipinski definition) is 0.